The zero-order valence-corrected chi connectivity index (χ0v) is 9.54. The summed E-state index contributed by atoms with van der Waals surface area (Å²) < 4.78 is 54.6. The zero-order valence-electron chi connectivity index (χ0n) is 7.91. The molecule has 0 amide bonds. The van der Waals surface area contributed by atoms with Crippen molar-refractivity contribution in [2.75, 3.05) is 11.5 Å². The van der Waals surface area contributed by atoms with Gasteiger partial charge in [0.2, 0.25) is 0 Å². The Morgan fingerprint density at radius 3 is 2.29 bits per heavy atom. The molecule has 0 rings (SSSR count). The fourth-order valence-corrected chi connectivity index (χ4v) is 2.25. The van der Waals surface area contributed by atoms with E-state index in [0.717, 1.165) is 0 Å². The quantitative estimate of drug-likeness (QED) is 0.645. The molecule has 2 unspecified atom stereocenters. The first-order valence-corrected chi connectivity index (χ1v) is 7.09. The maximum atomic E-state index is 12.1. The molecule has 7 heteroatoms. The number of hydrogen-bond donors (Lipinski definition) is 0. The Hall–Kier alpha value is -0.0400. The molecule has 3 nitrogen and oxygen atoms in total. The van der Waals surface area contributed by atoms with E-state index in [0.29, 0.717) is 12.8 Å². The van der Waals surface area contributed by atoms with Crippen molar-refractivity contribution in [3.8, 4) is 0 Å². The van der Waals surface area contributed by atoms with Crippen LogP contribution in [0.4, 0.5) is 7.77 Å². The smallest absolute Gasteiger partial charge is 0.225 e. The van der Waals surface area contributed by atoms with Crippen molar-refractivity contribution in [1.82, 2.24) is 0 Å². The molecular formula is C7H14F2O3S2. The predicted octanol–water partition coefficient (Wildman–Crippen LogP) is 1.73. The van der Waals surface area contributed by atoms with Crippen LogP contribution in [0.1, 0.15) is 26.2 Å². The van der Waals surface area contributed by atoms with Crippen LogP contribution in [0, 0.1) is 5.92 Å². The molecule has 0 bridgehead atoms. The van der Waals surface area contributed by atoms with Crippen LogP contribution in [0.3, 0.4) is 0 Å². The van der Waals surface area contributed by atoms with Gasteiger partial charge < -0.3 is 0 Å². The topological polar surface area (TPSA) is 51.2 Å². The molecule has 0 radical (unpaired) electrons. The number of rotatable bonds is 7. The third-order valence-electron chi connectivity index (χ3n) is 2.03. The SMILES string of the molecule is CCC(CCS(=O)F)CCS(=O)(=O)F. The van der Waals surface area contributed by atoms with E-state index in [-0.39, 0.29) is 18.1 Å². The standard InChI is InChI=1S/C7H14F2O3S2/c1-2-7(3-5-13(8)10)4-6-14(9,11)12/h7H,2-6H2,1H3. The maximum absolute atomic E-state index is 12.1. The fraction of sp³-hybridized carbons (Fsp3) is 1.00. The van der Waals surface area contributed by atoms with E-state index in [4.69, 9.17) is 0 Å². The van der Waals surface area contributed by atoms with Gasteiger partial charge in [0.25, 0.3) is 0 Å². The van der Waals surface area contributed by atoms with Crippen LogP contribution in [0.25, 0.3) is 0 Å². The Bertz CT molecular complexity index is 277. The largest absolute Gasteiger partial charge is 0.302 e. The van der Waals surface area contributed by atoms with E-state index in [9.17, 15) is 20.4 Å². The van der Waals surface area contributed by atoms with Gasteiger partial charge in [-0.2, -0.15) is 8.42 Å². The van der Waals surface area contributed by atoms with Crippen LogP contribution in [0.5, 0.6) is 0 Å². The predicted molar refractivity (Wildman–Crippen MR) is 52.0 cm³/mol. The fourth-order valence-electron chi connectivity index (χ4n) is 1.12. The van der Waals surface area contributed by atoms with Gasteiger partial charge >= 0.3 is 10.2 Å². The molecule has 0 heterocycles. The molecule has 0 fully saturated rings. The highest BCUT2D eigenvalue weighted by atomic mass is 32.3. The van der Waals surface area contributed by atoms with Gasteiger partial charge in [-0.25, -0.2) is 4.21 Å². The minimum absolute atomic E-state index is 0.0831. The summed E-state index contributed by atoms with van der Waals surface area (Å²) in [5, 5.41) is 0. The van der Waals surface area contributed by atoms with Crippen molar-refractivity contribution in [2.24, 2.45) is 5.92 Å². The molecule has 86 valence electrons. The Labute approximate surface area is 85.9 Å². The van der Waals surface area contributed by atoms with E-state index in [1.807, 2.05) is 0 Å². The first-order valence-electron chi connectivity index (χ1n) is 4.32. The Balaban J connectivity index is 3.86. The van der Waals surface area contributed by atoms with Crippen molar-refractivity contribution in [3.63, 3.8) is 0 Å². The average molecular weight is 248 g/mol. The molecule has 2 atom stereocenters. The molecule has 0 aliphatic carbocycles. The van der Waals surface area contributed by atoms with E-state index in [1.54, 1.807) is 6.92 Å². The van der Waals surface area contributed by atoms with Gasteiger partial charge in [0, 0.05) is 0 Å². The van der Waals surface area contributed by atoms with E-state index in [2.05, 4.69) is 0 Å². The van der Waals surface area contributed by atoms with Gasteiger partial charge in [0.1, 0.15) is 0 Å². The third-order valence-corrected chi connectivity index (χ3v) is 3.31. The van der Waals surface area contributed by atoms with Gasteiger partial charge in [-0.1, -0.05) is 13.3 Å². The average Bonchev–Trinajstić information content (AvgIpc) is 2.02. The van der Waals surface area contributed by atoms with Gasteiger partial charge in [-0.05, 0) is 18.8 Å². The highest BCUT2D eigenvalue weighted by Crippen LogP contribution is 2.15. The highest BCUT2D eigenvalue weighted by molar-refractivity contribution is 7.86. The summed E-state index contributed by atoms with van der Waals surface area (Å²) >= 11 is -2.36. The Kier molecular flexibility index (Phi) is 6.43. The first kappa shape index (κ1) is 14.0. The second kappa shape index (κ2) is 6.44. The minimum Gasteiger partial charge on any atom is -0.225 e. The van der Waals surface area contributed by atoms with Crippen molar-refractivity contribution >= 4 is 21.4 Å². The highest BCUT2D eigenvalue weighted by Gasteiger charge is 2.14. The van der Waals surface area contributed by atoms with Crippen molar-refractivity contribution in [3.05, 3.63) is 0 Å². The van der Waals surface area contributed by atoms with Crippen LogP contribution in [-0.4, -0.2) is 24.1 Å². The first-order chi connectivity index (χ1) is 6.35. The molecule has 0 saturated heterocycles. The summed E-state index contributed by atoms with van der Waals surface area (Å²) in [6.07, 6.45) is 1.12. The normalized spacial score (nSPS) is 16.5. The summed E-state index contributed by atoms with van der Waals surface area (Å²) in [5.74, 6) is -0.727. The number of halogens is 2. The van der Waals surface area contributed by atoms with Crippen LogP contribution in [0.15, 0.2) is 0 Å². The Morgan fingerprint density at radius 1 is 1.36 bits per heavy atom. The van der Waals surface area contributed by atoms with Crippen molar-refractivity contribution in [2.45, 2.75) is 26.2 Å². The zero-order chi connectivity index (χ0) is 11.2. The second-order valence-corrected chi connectivity index (χ2v) is 5.56. The molecule has 0 saturated carbocycles. The van der Waals surface area contributed by atoms with Gasteiger partial charge in [0.05, 0.1) is 11.5 Å². The Morgan fingerprint density at radius 2 is 1.93 bits per heavy atom. The van der Waals surface area contributed by atoms with E-state index >= 15 is 0 Å². The number of hydrogen-bond acceptors (Lipinski definition) is 3. The van der Waals surface area contributed by atoms with E-state index < -0.39 is 27.2 Å². The molecular weight excluding hydrogens is 234 g/mol. The van der Waals surface area contributed by atoms with Gasteiger partial charge in [-0.3, -0.25) is 0 Å². The molecule has 0 aliphatic heterocycles. The monoisotopic (exact) mass is 248 g/mol. The summed E-state index contributed by atoms with van der Waals surface area (Å²) in [6, 6.07) is 0. The molecule has 0 N–H and O–H groups in total. The summed E-state index contributed by atoms with van der Waals surface area (Å²) in [6.45, 7) is 1.80. The summed E-state index contributed by atoms with van der Waals surface area (Å²) in [4.78, 5) is 0. The van der Waals surface area contributed by atoms with Crippen LogP contribution in [-0.2, 0) is 21.4 Å². The lowest BCUT2D eigenvalue weighted by atomic mass is 10.0. The van der Waals surface area contributed by atoms with Crippen LogP contribution in [0.2, 0.25) is 0 Å². The lowest BCUT2D eigenvalue weighted by Gasteiger charge is -2.11. The molecule has 0 aromatic carbocycles. The molecule has 0 aliphatic rings. The lowest BCUT2D eigenvalue weighted by molar-refractivity contribution is 0.467. The second-order valence-electron chi connectivity index (χ2n) is 3.09. The van der Waals surface area contributed by atoms with Crippen LogP contribution >= 0.6 is 0 Å². The van der Waals surface area contributed by atoms with Gasteiger partial charge in [-0.15, -0.1) is 7.77 Å². The summed E-state index contributed by atoms with van der Waals surface area (Å²) in [7, 11) is -4.44. The van der Waals surface area contributed by atoms with E-state index in [1.165, 1.54) is 0 Å². The van der Waals surface area contributed by atoms with Crippen LogP contribution < -0.4 is 0 Å². The molecule has 0 aromatic heterocycles. The third kappa shape index (κ3) is 8.55. The lowest BCUT2D eigenvalue weighted by Crippen LogP contribution is -2.09. The summed E-state index contributed by atoms with van der Waals surface area (Å²) in [5.41, 5.74) is 0. The maximum Gasteiger partial charge on any atom is 0.302 e. The van der Waals surface area contributed by atoms with Crippen molar-refractivity contribution < 1.29 is 20.4 Å². The van der Waals surface area contributed by atoms with Crippen molar-refractivity contribution in [1.29, 1.82) is 0 Å². The molecule has 0 aromatic rings. The molecule has 0 spiro atoms. The van der Waals surface area contributed by atoms with Gasteiger partial charge in [0.15, 0.2) is 11.2 Å². The molecule has 14 heavy (non-hydrogen) atoms. The minimum atomic E-state index is -4.44.